The maximum atomic E-state index is 13.1. The quantitative estimate of drug-likeness (QED) is 0.717. The van der Waals surface area contributed by atoms with Crippen LogP contribution >= 0.6 is 0 Å². The summed E-state index contributed by atoms with van der Waals surface area (Å²) in [7, 11) is 0. The fourth-order valence-corrected chi connectivity index (χ4v) is 5.09. The van der Waals surface area contributed by atoms with E-state index >= 15 is 0 Å². The molecule has 2 heterocycles. The molecule has 3 heteroatoms. The predicted molar refractivity (Wildman–Crippen MR) is 101 cm³/mol. The zero-order valence-corrected chi connectivity index (χ0v) is 15.2. The first-order valence-electron chi connectivity index (χ1n) is 10.0. The van der Waals surface area contributed by atoms with E-state index in [1.54, 1.807) is 12.1 Å². The summed E-state index contributed by atoms with van der Waals surface area (Å²) in [6.07, 6.45) is 7.39. The van der Waals surface area contributed by atoms with Crippen molar-refractivity contribution in [1.82, 2.24) is 9.80 Å². The van der Waals surface area contributed by atoms with Gasteiger partial charge in [0.25, 0.3) is 0 Å². The van der Waals surface area contributed by atoms with Gasteiger partial charge in [-0.3, -0.25) is 4.90 Å². The number of nitrogens with zero attached hydrogens (tertiary/aromatic N) is 2. The molecule has 3 fully saturated rings. The van der Waals surface area contributed by atoms with E-state index < -0.39 is 0 Å². The van der Waals surface area contributed by atoms with Crippen molar-refractivity contribution in [2.75, 3.05) is 39.3 Å². The zero-order valence-electron chi connectivity index (χ0n) is 15.2. The molecule has 0 radical (unpaired) electrons. The van der Waals surface area contributed by atoms with Crippen LogP contribution in [0.15, 0.2) is 36.9 Å². The summed E-state index contributed by atoms with van der Waals surface area (Å²) in [6.45, 7) is 11.2. The Labute approximate surface area is 151 Å². The lowest BCUT2D eigenvalue weighted by Gasteiger charge is -2.35. The number of rotatable bonds is 6. The van der Waals surface area contributed by atoms with E-state index in [0.717, 1.165) is 24.3 Å². The highest BCUT2D eigenvalue weighted by Crippen LogP contribution is 2.44. The van der Waals surface area contributed by atoms with Crippen LogP contribution in [0, 0.1) is 23.6 Å². The summed E-state index contributed by atoms with van der Waals surface area (Å²) in [4.78, 5) is 5.30. The number of benzene rings is 1. The zero-order chi connectivity index (χ0) is 17.2. The van der Waals surface area contributed by atoms with Crippen LogP contribution in [0.4, 0.5) is 4.39 Å². The van der Waals surface area contributed by atoms with Crippen molar-refractivity contribution in [3.8, 4) is 0 Å². The molecular formula is C22H31FN2. The molecule has 0 N–H and O–H groups in total. The summed E-state index contributed by atoms with van der Waals surface area (Å²) in [5, 5.41) is 0. The molecule has 2 nitrogen and oxygen atoms in total. The van der Waals surface area contributed by atoms with Crippen molar-refractivity contribution >= 4 is 0 Å². The lowest BCUT2D eigenvalue weighted by atomic mass is 9.87. The van der Waals surface area contributed by atoms with E-state index in [-0.39, 0.29) is 5.82 Å². The van der Waals surface area contributed by atoms with Crippen LogP contribution in [-0.4, -0.2) is 49.1 Å². The fraction of sp³-hybridized carbons (Fsp3) is 0.636. The summed E-state index contributed by atoms with van der Waals surface area (Å²) < 4.78 is 13.1. The van der Waals surface area contributed by atoms with Crippen LogP contribution in [0.1, 0.15) is 37.2 Å². The molecule has 136 valence electrons. The number of hydrogen-bond donors (Lipinski definition) is 0. The van der Waals surface area contributed by atoms with Crippen LogP contribution in [0.2, 0.25) is 0 Å². The van der Waals surface area contributed by atoms with Crippen LogP contribution in [0.3, 0.4) is 0 Å². The summed E-state index contributed by atoms with van der Waals surface area (Å²) >= 11 is 0. The maximum Gasteiger partial charge on any atom is 0.123 e. The van der Waals surface area contributed by atoms with Gasteiger partial charge in [0.05, 0.1) is 0 Å². The fourth-order valence-electron chi connectivity index (χ4n) is 5.09. The van der Waals surface area contributed by atoms with Crippen LogP contribution in [0.5, 0.6) is 0 Å². The molecule has 4 rings (SSSR count). The Hall–Kier alpha value is -1.19. The summed E-state index contributed by atoms with van der Waals surface area (Å²) in [6, 6.07) is 7.16. The van der Waals surface area contributed by atoms with Crippen molar-refractivity contribution in [2.24, 2.45) is 17.8 Å². The molecule has 0 bridgehead atoms. The highest BCUT2D eigenvalue weighted by molar-refractivity contribution is 5.21. The van der Waals surface area contributed by atoms with Crippen molar-refractivity contribution in [3.05, 3.63) is 48.3 Å². The SMILES string of the molecule is C=CCN1C[C@@H](CN2CCC(c3ccc(F)cc3)CC2)[C@H](C2CC2)C1. The second-order valence-corrected chi connectivity index (χ2v) is 8.40. The van der Waals surface area contributed by atoms with E-state index in [1.807, 2.05) is 12.1 Å². The minimum absolute atomic E-state index is 0.127. The summed E-state index contributed by atoms with van der Waals surface area (Å²) in [5.41, 5.74) is 1.31. The normalized spacial score (nSPS) is 29.2. The molecular weight excluding hydrogens is 311 g/mol. The van der Waals surface area contributed by atoms with Gasteiger partial charge in [-0.2, -0.15) is 0 Å². The van der Waals surface area contributed by atoms with Gasteiger partial charge in [0.1, 0.15) is 5.82 Å². The van der Waals surface area contributed by atoms with Crippen LogP contribution < -0.4 is 0 Å². The van der Waals surface area contributed by atoms with Gasteiger partial charge >= 0.3 is 0 Å². The van der Waals surface area contributed by atoms with Crippen LogP contribution in [-0.2, 0) is 0 Å². The highest BCUT2D eigenvalue weighted by Gasteiger charge is 2.42. The first kappa shape index (κ1) is 17.2. The topological polar surface area (TPSA) is 6.48 Å². The monoisotopic (exact) mass is 342 g/mol. The van der Waals surface area contributed by atoms with E-state index in [0.29, 0.717) is 5.92 Å². The largest absolute Gasteiger partial charge is 0.303 e. The van der Waals surface area contributed by atoms with Gasteiger partial charge in [-0.05, 0) is 80.1 Å². The third-order valence-corrected chi connectivity index (χ3v) is 6.60. The van der Waals surface area contributed by atoms with Crippen LogP contribution in [0.25, 0.3) is 0 Å². The van der Waals surface area contributed by atoms with Gasteiger partial charge in [-0.15, -0.1) is 6.58 Å². The molecule has 1 aromatic carbocycles. The lowest BCUT2D eigenvalue weighted by Crippen LogP contribution is -2.38. The Kier molecular flexibility index (Phi) is 5.23. The molecule has 25 heavy (non-hydrogen) atoms. The van der Waals surface area contributed by atoms with Gasteiger partial charge in [0.2, 0.25) is 0 Å². The Morgan fingerprint density at radius 1 is 1.00 bits per heavy atom. The van der Waals surface area contributed by atoms with Gasteiger partial charge in [0, 0.05) is 26.2 Å². The number of halogens is 1. The van der Waals surface area contributed by atoms with E-state index in [4.69, 9.17) is 0 Å². The second-order valence-electron chi connectivity index (χ2n) is 8.40. The van der Waals surface area contributed by atoms with Crippen molar-refractivity contribution in [3.63, 3.8) is 0 Å². The second kappa shape index (κ2) is 7.59. The Morgan fingerprint density at radius 2 is 1.72 bits per heavy atom. The van der Waals surface area contributed by atoms with Gasteiger partial charge in [0.15, 0.2) is 0 Å². The first-order valence-corrected chi connectivity index (χ1v) is 10.0. The number of likely N-dealkylation sites (tertiary alicyclic amines) is 2. The third-order valence-electron chi connectivity index (χ3n) is 6.60. The molecule has 1 aliphatic carbocycles. The van der Waals surface area contributed by atoms with E-state index in [2.05, 4.69) is 22.5 Å². The predicted octanol–water partition coefficient (Wildman–Crippen LogP) is 4.15. The molecule has 1 saturated carbocycles. The van der Waals surface area contributed by atoms with E-state index in [1.165, 1.54) is 64.0 Å². The number of piperidine rings is 1. The maximum absolute atomic E-state index is 13.1. The van der Waals surface area contributed by atoms with Crippen molar-refractivity contribution in [1.29, 1.82) is 0 Å². The molecule has 1 aromatic rings. The molecule has 2 saturated heterocycles. The minimum atomic E-state index is -0.127. The number of hydrogen-bond acceptors (Lipinski definition) is 2. The van der Waals surface area contributed by atoms with E-state index in [9.17, 15) is 4.39 Å². The average Bonchev–Trinajstić information content (AvgIpc) is 3.39. The average molecular weight is 343 g/mol. The highest BCUT2D eigenvalue weighted by atomic mass is 19.1. The smallest absolute Gasteiger partial charge is 0.123 e. The van der Waals surface area contributed by atoms with Crippen molar-refractivity contribution < 1.29 is 4.39 Å². The minimum Gasteiger partial charge on any atom is -0.303 e. The third kappa shape index (κ3) is 4.15. The Bertz CT molecular complexity index is 572. The molecule has 0 aromatic heterocycles. The Morgan fingerprint density at radius 3 is 2.36 bits per heavy atom. The van der Waals surface area contributed by atoms with Gasteiger partial charge < -0.3 is 4.90 Å². The van der Waals surface area contributed by atoms with Gasteiger partial charge in [-0.25, -0.2) is 4.39 Å². The molecule has 2 atom stereocenters. The molecule has 0 amide bonds. The lowest BCUT2D eigenvalue weighted by molar-refractivity contribution is 0.165. The van der Waals surface area contributed by atoms with Gasteiger partial charge in [-0.1, -0.05) is 18.2 Å². The molecule has 2 aliphatic heterocycles. The molecule has 0 spiro atoms. The Balaban J connectivity index is 1.30. The molecule has 3 aliphatic rings. The summed E-state index contributed by atoms with van der Waals surface area (Å²) in [5.74, 6) is 3.23. The standard InChI is InChI=1S/C22H31FN2/c1-2-11-25-15-20(22(16-25)19-3-4-19)14-24-12-9-18(10-13-24)17-5-7-21(23)8-6-17/h2,5-8,18-20,22H,1,3-4,9-16H2/t20-,22+/m1/s1. The molecule has 0 unspecified atom stereocenters. The van der Waals surface area contributed by atoms with Crippen molar-refractivity contribution in [2.45, 2.75) is 31.6 Å². The first-order chi connectivity index (χ1) is 12.2.